The van der Waals surface area contributed by atoms with Crippen LogP contribution >= 0.6 is 0 Å². The van der Waals surface area contributed by atoms with E-state index in [2.05, 4.69) is 0 Å². The van der Waals surface area contributed by atoms with Gasteiger partial charge in [-0.25, -0.2) is 0 Å². The molecule has 3 nitrogen and oxygen atoms in total. The van der Waals surface area contributed by atoms with Crippen molar-refractivity contribution in [1.29, 1.82) is 0 Å². The zero-order valence-electron chi connectivity index (χ0n) is 14.0. The zero-order chi connectivity index (χ0) is 16.9. The highest BCUT2D eigenvalue weighted by Crippen LogP contribution is 2.39. The Morgan fingerprint density at radius 2 is 1.43 bits per heavy atom. The fraction of sp³-hybridized carbons (Fsp3) is 0.316. The summed E-state index contributed by atoms with van der Waals surface area (Å²) >= 11 is 0. The Kier molecular flexibility index (Phi) is 5.39. The quantitative estimate of drug-likeness (QED) is 0.654. The highest BCUT2D eigenvalue weighted by atomic mass is 28.4. The summed E-state index contributed by atoms with van der Waals surface area (Å²) < 4.78 is 4.76. The summed E-state index contributed by atoms with van der Waals surface area (Å²) in [5.74, 6) is -0.240. The third-order valence-electron chi connectivity index (χ3n) is 4.54. The molecular formula is C19H24O3Si. The van der Waals surface area contributed by atoms with Crippen LogP contribution in [0.15, 0.2) is 60.7 Å². The lowest BCUT2D eigenvalue weighted by molar-refractivity contribution is -0.140. The van der Waals surface area contributed by atoms with Crippen molar-refractivity contribution in [1.82, 2.24) is 0 Å². The lowest BCUT2D eigenvalue weighted by atomic mass is 10.1. The summed E-state index contributed by atoms with van der Waals surface area (Å²) in [5.41, 5.74) is 0. The predicted molar refractivity (Wildman–Crippen MR) is 95.4 cm³/mol. The van der Waals surface area contributed by atoms with Crippen LogP contribution < -0.4 is 10.4 Å². The number of carbonyl (C=O) groups is 1. The Bertz CT molecular complexity index is 599. The molecule has 0 unspecified atom stereocenters. The van der Waals surface area contributed by atoms with Crippen LogP contribution in [0.25, 0.3) is 0 Å². The third-order valence-corrected chi connectivity index (χ3v) is 9.09. The first-order valence-corrected chi connectivity index (χ1v) is 9.77. The molecule has 0 spiro atoms. The number of ether oxygens (including phenoxy) is 1. The number of methoxy groups -OCH3 is 1. The fourth-order valence-corrected chi connectivity index (χ4v) is 6.74. The van der Waals surface area contributed by atoms with Gasteiger partial charge in [0.2, 0.25) is 0 Å². The number of benzene rings is 2. The summed E-state index contributed by atoms with van der Waals surface area (Å²) in [6.07, 6.45) is 0.880. The van der Waals surface area contributed by atoms with Gasteiger partial charge in [0.05, 0.1) is 7.11 Å². The first kappa shape index (κ1) is 17.4. The summed E-state index contributed by atoms with van der Waals surface area (Å²) in [5, 5.41) is 1.51. The highest BCUT2D eigenvalue weighted by molar-refractivity contribution is 6.98. The average molecular weight is 328 g/mol. The van der Waals surface area contributed by atoms with Gasteiger partial charge < -0.3 is 9.53 Å². The second-order valence-electron chi connectivity index (χ2n) is 6.40. The van der Waals surface area contributed by atoms with E-state index in [1.807, 2.05) is 74.5 Å². The Labute approximate surface area is 139 Å². The van der Waals surface area contributed by atoms with Crippen LogP contribution in [0.3, 0.4) is 0 Å². The molecule has 0 amide bonds. The number of rotatable bonds is 6. The molecular weight excluding hydrogens is 304 g/mol. The van der Waals surface area contributed by atoms with E-state index >= 15 is 0 Å². The Hall–Kier alpha value is -1.91. The minimum absolute atomic E-state index is 0.240. The molecule has 0 heterocycles. The van der Waals surface area contributed by atoms with Gasteiger partial charge in [-0.05, 0) is 21.8 Å². The average Bonchev–Trinajstić information content (AvgIpc) is 2.60. The molecule has 0 bridgehead atoms. The molecule has 0 aliphatic carbocycles. The lowest BCUT2D eigenvalue weighted by Crippen LogP contribution is -2.65. The molecule has 23 heavy (non-hydrogen) atoms. The van der Waals surface area contributed by atoms with Gasteiger partial charge in [-0.3, -0.25) is 4.79 Å². The van der Waals surface area contributed by atoms with E-state index in [-0.39, 0.29) is 5.97 Å². The molecule has 4 heteroatoms. The molecule has 0 radical (unpaired) electrons. The van der Waals surface area contributed by atoms with E-state index in [9.17, 15) is 9.59 Å². The van der Waals surface area contributed by atoms with Crippen LogP contribution in [0.2, 0.25) is 5.04 Å². The van der Waals surface area contributed by atoms with Gasteiger partial charge in [0.25, 0.3) is 8.32 Å². The van der Waals surface area contributed by atoms with Crippen molar-refractivity contribution in [3.05, 3.63) is 60.7 Å². The smallest absolute Gasteiger partial charge is 0.305 e. The number of hydrogen-bond acceptors (Lipinski definition) is 3. The first-order chi connectivity index (χ1) is 10.9. The van der Waals surface area contributed by atoms with Crippen molar-refractivity contribution in [3.63, 3.8) is 0 Å². The molecule has 2 aromatic rings. The minimum atomic E-state index is -3.02. The fourth-order valence-electron chi connectivity index (χ4n) is 3.00. The number of hydrogen-bond donors (Lipinski definition) is 1. The number of esters is 1. The summed E-state index contributed by atoms with van der Waals surface area (Å²) in [7, 11) is -1.62. The Morgan fingerprint density at radius 3 is 1.83 bits per heavy atom. The molecule has 0 atom stereocenters. The van der Waals surface area contributed by atoms with Crippen LogP contribution in [-0.2, 0) is 9.53 Å². The van der Waals surface area contributed by atoms with Gasteiger partial charge in [-0.2, -0.15) is 0 Å². The van der Waals surface area contributed by atoms with Gasteiger partial charge in [0.1, 0.15) is 0 Å². The van der Waals surface area contributed by atoms with Crippen LogP contribution in [0.4, 0.5) is 0 Å². The van der Waals surface area contributed by atoms with E-state index < -0.39 is 13.4 Å². The van der Waals surface area contributed by atoms with Gasteiger partial charge in [0, 0.05) is 6.42 Å². The van der Waals surface area contributed by atoms with Crippen LogP contribution in [0.5, 0.6) is 0 Å². The summed E-state index contributed by atoms with van der Waals surface area (Å²) in [6.45, 7) is 4.09. The van der Waals surface area contributed by atoms with Crippen molar-refractivity contribution in [2.75, 3.05) is 7.11 Å². The number of carbonyl (C=O) groups excluding carboxylic acids is 1. The van der Waals surface area contributed by atoms with Gasteiger partial charge in [0.15, 0.2) is 0 Å². The second kappa shape index (κ2) is 7.11. The largest absolute Gasteiger partial charge is 0.469 e. The molecule has 1 N–H and O–H groups in total. The van der Waals surface area contributed by atoms with Gasteiger partial charge in [-0.15, -0.1) is 0 Å². The standard InChI is InChI=1S/C19H24O3Si/c1-19(2,15-14-18(20)22-3)23(21,16-10-6-4-7-11-16)17-12-8-5-9-13-17/h4-13,21H,14-15H2,1-3H3. The third kappa shape index (κ3) is 3.54. The maximum absolute atomic E-state index is 11.9. The van der Waals surface area contributed by atoms with Gasteiger partial charge in [-0.1, -0.05) is 74.5 Å². The highest BCUT2D eigenvalue weighted by Gasteiger charge is 2.49. The van der Waals surface area contributed by atoms with E-state index in [4.69, 9.17) is 4.74 Å². The van der Waals surface area contributed by atoms with Crippen LogP contribution in [-0.4, -0.2) is 26.2 Å². The molecule has 0 saturated heterocycles. The lowest BCUT2D eigenvalue weighted by Gasteiger charge is -2.41. The maximum Gasteiger partial charge on any atom is 0.305 e. The zero-order valence-corrected chi connectivity index (χ0v) is 15.0. The van der Waals surface area contributed by atoms with E-state index in [1.54, 1.807) is 0 Å². The molecule has 0 aliphatic rings. The molecule has 2 aromatic carbocycles. The van der Waals surface area contributed by atoms with E-state index in [0.717, 1.165) is 10.4 Å². The van der Waals surface area contributed by atoms with Gasteiger partial charge >= 0.3 is 5.97 Å². The summed E-state index contributed by atoms with van der Waals surface area (Å²) in [4.78, 5) is 23.4. The minimum Gasteiger partial charge on any atom is -0.469 e. The Balaban J connectivity index is 2.48. The van der Waals surface area contributed by atoms with E-state index in [0.29, 0.717) is 12.8 Å². The molecule has 0 saturated carbocycles. The first-order valence-electron chi connectivity index (χ1n) is 7.82. The van der Waals surface area contributed by atoms with Crippen molar-refractivity contribution in [2.45, 2.75) is 31.7 Å². The molecule has 122 valence electrons. The maximum atomic E-state index is 11.9. The normalized spacial score (nSPS) is 12.0. The second-order valence-corrected chi connectivity index (χ2v) is 10.3. The van der Waals surface area contributed by atoms with Crippen molar-refractivity contribution < 1.29 is 14.3 Å². The molecule has 0 fully saturated rings. The molecule has 0 aliphatic heterocycles. The topological polar surface area (TPSA) is 46.5 Å². The van der Waals surface area contributed by atoms with Crippen LogP contribution in [0, 0.1) is 0 Å². The van der Waals surface area contributed by atoms with Crippen molar-refractivity contribution in [3.8, 4) is 0 Å². The SMILES string of the molecule is COC(=O)CCC(C)(C)[Si](O)(c1ccccc1)c1ccccc1. The van der Waals surface area contributed by atoms with Crippen LogP contribution in [0.1, 0.15) is 26.7 Å². The molecule has 0 aromatic heterocycles. The van der Waals surface area contributed by atoms with E-state index in [1.165, 1.54) is 7.11 Å². The van der Waals surface area contributed by atoms with Crippen molar-refractivity contribution >= 4 is 24.7 Å². The monoisotopic (exact) mass is 328 g/mol. The summed E-state index contributed by atoms with van der Waals surface area (Å²) in [6, 6.07) is 19.6. The Morgan fingerprint density at radius 1 is 1.00 bits per heavy atom. The predicted octanol–water partition coefficient (Wildman–Crippen LogP) is 2.47. The molecule has 2 rings (SSSR count). The van der Waals surface area contributed by atoms with Crippen molar-refractivity contribution in [2.24, 2.45) is 0 Å².